The Labute approximate surface area is 206 Å². The van der Waals surface area contributed by atoms with Crippen molar-refractivity contribution in [1.82, 2.24) is 30.0 Å². The Morgan fingerprint density at radius 3 is 2.61 bits per heavy atom. The molecule has 2 aliphatic heterocycles. The number of carbonyl (C=O) groups is 2. The molecule has 0 bridgehead atoms. The van der Waals surface area contributed by atoms with Gasteiger partial charge in [-0.25, -0.2) is 8.78 Å². The number of benzene rings is 2. The quantitative estimate of drug-likeness (QED) is 0.511. The molecule has 36 heavy (non-hydrogen) atoms. The molecule has 2 saturated heterocycles. The van der Waals surface area contributed by atoms with Crippen LogP contribution >= 0.6 is 0 Å². The molecule has 5 rings (SSSR count). The van der Waals surface area contributed by atoms with Crippen LogP contribution in [0.25, 0.3) is 5.69 Å². The normalized spacial score (nSPS) is 18.6. The SMILES string of the molecule is COc1cccc(N2CC(C(=O)N3CCN(Cc4nnnn4-c4ccc(F)c(F)c4)CC3)CC2=O)c1. The van der Waals surface area contributed by atoms with Crippen LogP contribution in [0.2, 0.25) is 0 Å². The Morgan fingerprint density at radius 2 is 1.86 bits per heavy atom. The minimum Gasteiger partial charge on any atom is -0.497 e. The van der Waals surface area contributed by atoms with Gasteiger partial charge in [0.1, 0.15) is 5.75 Å². The maximum Gasteiger partial charge on any atom is 0.228 e. The second kappa shape index (κ2) is 9.97. The number of ether oxygens (including phenoxy) is 1. The minimum absolute atomic E-state index is 0.0278. The summed E-state index contributed by atoms with van der Waals surface area (Å²) in [6.07, 6.45) is 0.180. The third-order valence-corrected chi connectivity index (χ3v) is 6.57. The molecule has 0 spiro atoms. The summed E-state index contributed by atoms with van der Waals surface area (Å²) in [6.45, 7) is 2.94. The molecule has 10 nitrogen and oxygen atoms in total. The molecule has 3 heterocycles. The highest BCUT2D eigenvalue weighted by Gasteiger charge is 2.38. The summed E-state index contributed by atoms with van der Waals surface area (Å²) in [5.41, 5.74) is 1.05. The Balaban J connectivity index is 1.18. The van der Waals surface area contributed by atoms with Crippen molar-refractivity contribution in [2.75, 3.05) is 44.7 Å². The van der Waals surface area contributed by atoms with Gasteiger partial charge in [-0.2, -0.15) is 4.68 Å². The van der Waals surface area contributed by atoms with Gasteiger partial charge in [0, 0.05) is 57.0 Å². The average molecular weight is 498 g/mol. The van der Waals surface area contributed by atoms with Crippen molar-refractivity contribution in [2.45, 2.75) is 13.0 Å². The lowest BCUT2D eigenvalue weighted by Gasteiger charge is -2.35. The third kappa shape index (κ3) is 4.76. The number of methoxy groups -OCH3 is 1. The Bertz CT molecular complexity index is 1280. The van der Waals surface area contributed by atoms with Crippen molar-refractivity contribution < 1.29 is 23.1 Å². The van der Waals surface area contributed by atoms with Crippen LogP contribution in [0.15, 0.2) is 42.5 Å². The Morgan fingerprint density at radius 1 is 1.06 bits per heavy atom. The molecule has 0 N–H and O–H groups in total. The first kappa shape index (κ1) is 23.8. The second-order valence-corrected chi connectivity index (χ2v) is 8.81. The van der Waals surface area contributed by atoms with E-state index in [-0.39, 0.29) is 18.2 Å². The molecular formula is C24H25F2N7O3. The standard InChI is InChI=1S/C24H25F2N7O3/c1-36-19-4-2-3-17(12-19)32-14-16(11-23(32)34)24(35)31-9-7-30(8-10-31)15-22-27-28-29-33(22)18-5-6-20(25)21(26)13-18/h2-6,12-13,16H,7-11,14-15H2,1H3. The number of aromatic nitrogens is 4. The lowest BCUT2D eigenvalue weighted by Crippen LogP contribution is -2.50. The van der Waals surface area contributed by atoms with Crippen LogP contribution in [0.1, 0.15) is 12.2 Å². The van der Waals surface area contributed by atoms with E-state index in [1.807, 2.05) is 18.2 Å². The number of anilines is 1. The molecule has 1 aromatic heterocycles. The molecule has 1 unspecified atom stereocenters. The molecule has 0 aliphatic carbocycles. The van der Waals surface area contributed by atoms with E-state index >= 15 is 0 Å². The van der Waals surface area contributed by atoms with E-state index in [0.717, 1.165) is 17.8 Å². The van der Waals surface area contributed by atoms with Gasteiger partial charge in [0.2, 0.25) is 11.8 Å². The molecule has 12 heteroatoms. The summed E-state index contributed by atoms with van der Waals surface area (Å²) in [7, 11) is 1.57. The molecule has 188 valence electrons. The zero-order valence-corrected chi connectivity index (χ0v) is 19.7. The van der Waals surface area contributed by atoms with E-state index in [1.54, 1.807) is 23.0 Å². The fourth-order valence-electron chi connectivity index (χ4n) is 4.61. The molecular weight excluding hydrogens is 472 g/mol. The van der Waals surface area contributed by atoms with Crippen LogP contribution < -0.4 is 9.64 Å². The first-order chi connectivity index (χ1) is 17.4. The summed E-state index contributed by atoms with van der Waals surface area (Å²) in [4.78, 5) is 31.3. The van der Waals surface area contributed by atoms with Gasteiger partial charge in [0.25, 0.3) is 0 Å². The van der Waals surface area contributed by atoms with Crippen LogP contribution in [-0.2, 0) is 16.1 Å². The number of hydrogen-bond acceptors (Lipinski definition) is 7. The van der Waals surface area contributed by atoms with Crippen molar-refractivity contribution in [3.05, 3.63) is 59.9 Å². The van der Waals surface area contributed by atoms with Crippen LogP contribution in [0.3, 0.4) is 0 Å². The highest BCUT2D eigenvalue weighted by molar-refractivity contribution is 6.00. The van der Waals surface area contributed by atoms with Gasteiger partial charge < -0.3 is 14.5 Å². The average Bonchev–Trinajstić information content (AvgIpc) is 3.52. The van der Waals surface area contributed by atoms with Crippen LogP contribution in [0.5, 0.6) is 5.75 Å². The lowest BCUT2D eigenvalue weighted by atomic mass is 10.1. The van der Waals surface area contributed by atoms with Crippen LogP contribution in [0, 0.1) is 17.6 Å². The molecule has 0 saturated carbocycles. The highest BCUT2D eigenvalue weighted by Crippen LogP contribution is 2.29. The number of tetrazole rings is 1. The fourth-order valence-corrected chi connectivity index (χ4v) is 4.61. The number of piperazine rings is 1. The predicted molar refractivity (Wildman–Crippen MR) is 124 cm³/mol. The zero-order valence-electron chi connectivity index (χ0n) is 19.7. The zero-order chi connectivity index (χ0) is 25.2. The number of amides is 2. The largest absolute Gasteiger partial charge is 0.497 e. The summed E-state index contributed by atoms with van der Waals surface area (Å²) in [5, 5.41) is 11.6. The van der Waals surface area contributed by atoms with Crippen LogP contribution in [-0.4, -0.2) is 81.7 Å². The number of nitrogens with zero attached hydrogens (tertiary/aromatic N) is 7. The summed E-state index contributed by atoms with van der Waals surface area (Å²) in [5.74, 6) is -1.28. The maximum atomic E-state index is 13.7. The predicted octanol–water partition coefficient (Wildman–Crippen LogP) is 1.65. The van der Waals surface area contributed by atoms with Crippen molar-refractivity contribution in [1.29, 1.82) is 0 Å². The maximum absolute atomic E-state index is 13.7. The Hall–Kier alpha value is -3.93. The first-order valence-electron chi connectivity index (χ1n) is 11.6. The van der Waals surface area contributed by atoms with E-state index in [9.17, 15) is 18.4 Å². The van der Waals surface area contributed by atoms with Crippen molar-refractivity contribution >= 4 is 17.5 Å². The molecule has 2 fully saturated rings. The van der Waals surface area contributed by atoms with Gasteiger partial charge in [-0.05, 0) is 34.7 Å². The van der Waals surface area contributed by atoms with E-state index in [0.29, 0.717) is 56.5 Å². The second-order valence-electron chi connectivity index (χ2n) is 8.81. The van der Waals surface area contributed by atoms with Gasteiger partial charge in [-0.1, -0.05) is 6.07 Å². The van der Waals surface area contributed by atoms with E-state index in [4.69, 9.17) is 4.74 Å². The van der Waals surface area contributed by atoms with E-state index in [2.05, 4.69) is 20.4 Å². The molecule has 1 atom stereocenters. The summed E-state index contributed by atoms with van der Waals surface area (Å²) < 4.78 is 33.6. The number of hydrogen-bond donors (Lipinski definition) is 0. The number of halogens is 2. The van der Waals surface area contributed by atoms with Crippen LogP contribution in [0.4, 0.5) is 14.5 Å². The van der Waals surface area contributed by atoms with Crippen molar-refractivity contribution in [2.24, 2.45) is 5.92 Å². The minimum atomic E-state index is -0.976. The summed E-state index contributed by atoms with van der Waals surface area (Å²) >= 11 is 0. The Kier molecular flexibility index (Phi) is 6.59. The smallest absolute Gasteiger partial charge is 0.228 e. The topological polar surface area (TPSA) is 96.7 Å². The number of carbonyl (C=O) groups excluding carboxylic acids is 2. The molecule has 2 aromatic carbocycles. The van der Waals surface area contributed by atoms with Gasteiger partial charge in [-0.3, -0.25) is 14.5 Å². The van der Waals surface area contributed by atoms with Gasteiger partial charge in [-0.15, -0.1) is 5.10 Å². The first-order valence-corrected chi connectivity index (χ1v) is 11.6. The molecule has 2 aliphatic rings. The third-order valence-electron chi connectivity index (χ3n) is 6.57. The molecule has 0 radical (unpaired) electrons. The van der Waals surface area contributed by atoms with Crippen molar-refractivity contribution in [3.63, 3.8) is 0 Å². The molecule has 2 amide bonds. The fraction of sp³-hybridized carbons (Fsp3) is 0.375. The summed E-state index contributed by atoms with van der Waals surface area (Å²) in [6, 6.07) is 10.7. The lowest BCUT2D eigenvalue weighted by molar-refractivity contribution is -0.137. The molecule has 3 aromatic rings. The van der Waals surface area contributed by atoms with Crippen molar-refractivity contribution in [3.8, 4) is 11.4 Å². The highest BCUT2D eigenvalue weighted by atomic mass is 19.2. The van der Waals surface area contributed by atoms with E-state index in [1.165, 1.54) is 10.7 Å². The van der Waals surface area contributed by atoms with E-state index < -0.39 is 17.6 Å². The van der Waals surface area contributed by atoms with Gasteiger partial charge in [0.15, 0.2) is 17.5 Å². The number of rotatable bonds is 6. The monoisotopic (exact) mass is 497 g/mol. The van der Waals surface area contributed by atoms with Gasteiger partial charge >= 0.3 is 0 Å². The van der Waals surface area contributed by atoms with Gasteiger partial charge in [0.05, 0.1) is 25.3 Å².